The smallest absolute Gasteiger partial charge is 0.237 e. The number of H-pyrrole nitrogens is 1. The van der Waals surface area contributed by atoms with E-state index in [-0.39, 0.29) is 24.4 Å². The van der Waals surface area contributed by atoms with Gasteiger partial charge in [-0.1, -0.05) is 6.07 Å². The topological polar surface area (TPSA) is 69.8 Å². The Morgan fingerprint density at radius 3 is 3.10 bits per heavy atom. The van der Waals surface area contributed by atoms with Crippen molar-refractivity contribution in [2.45, 2.75) is 32.4 Å². The Hall–Kier alpha value is -1.59. The molecule has 1 atom stereocenters. The first-order valence-corrected chi connectivity index (χ1v) is 6.69. The Labute approximate surface area is 124 Å². The number of carbonyl (C=O) groups is 1. The minimum atomic E-state index is -0.0355. The number of halogens is 1. The first-order valence-electron chi connectivity index (χ1n) is 6.69. The van der Waals surface area contributed by atoms with Gasteiger partial charge in [-0.15, -0.1) is 12.4 Å². The van der Waals surface area contributed by atoms with E-state index >= 15 is 0 Å². The van der Waals surface area contributed by atoms with Gasteiger partial charge in [-0.2, -0.15) is 0 Å². The summed E-state index contributed by atoms with van der Waals surface area (Å²) < 4.78 is 0. The molecular formula is C14H19ClN4O. The van der Waals surface area contributed by atoms with Gasteiger partial charge < -0.3 is 15.6 Å². The Kier molecular flexibility index (Phi) is 4.62. The second kappa shape index (κ2) is 6.24. The van der Waals surface area contributed by atoms with Crippen LogP contribution in [0.2, 0.25) is 0 Å². The van der Waals surface area contributed by atoms with E-state index in [1.807, 2.05) is 19.1 Å². The zero-order valence-electron chi connectivity index (χ0n) is 11.4. The molecule has 1 aliphatic heterocycles. The van der Waals surface area contributed by atoms with E-state index in [2.05, 4.69) is 26.7 Å². The van der Waals surface area contributed by atoms with Crippen LogP contribution in [0.25, 0.3) is 11.0 Å². The number of aromatic amines is 1. The van der Waals surface area contributed by atoms with Crippen molar-refractivity contribution >= 4 is 29.3 Å². The fraction of sp³-hybridized carbons (Fsp3) is 0.429. The average Bonchev–Trinajstić information content (AvgIpc) is 3.04. The second-order valence-corrected chi connectivity index (χ2v) is 5.07. The molecule has 0 bridgehead atoms. The van der Waals surface area contributed by atoms with E-state index in [1.165, 1.54) is 5.56 Å². The molecule has 1 aliphatic rings. The number of aromatic nitrogens is 2. The number of hydrogen-bond acceptors (Lipinski definition) is 3. The van der Waals surface area contributed by atoms with Crippen molar-refractivity contribution in [2.75, 3.05) is 6.54 Å². The minimum Gasteiger partial charge on any atom is -0.348 e. The number of aryl methyl sites for hydroxylation is 1. The van der Waals surface area contributed by atoms with Gasteiger partial charge in [-0.25, -0.2) is 4.98 Å². The molecule has 1 saturated heterocycles. The Balaban J connectivity index is 0.00000147. The number of amides is 1. The molecule has 1 fully saturated rings. The van der Waals surface area contributed by atoms with Crippen LogP contribution in [0.5, 0.6) is 0 Å². The van der Waals surface area contributed by atoms with Gasteiger partial charge >= 0.3 is 0 Å². The number of carbonyl (C=O) groups excluding carboxylic acids is 1. The molecule has 0 spiro atoms. The predicted molar refractivity (Wildman–Crippen MR) is 81.0 cm³/mol. The van der Waals surface area contributed by atoms with Crippen molar-refractivity contribution < 1.29 is 4.79 Å². The van der Waals surface area contributed by atoms with Gasteiger partial charge in [0.25, 0.3) is 0 Å². The van der Waals surface area contributed by atoms with E-state index in [0.29, 0.717) is 6.54 Å². The van der Waals surface area contributed by atoms with Crippen molar-refractivity contribution in [1.29, 1.82) is 0 Å². The zero-order valence-corrected chi connectivity index (χ0v) is 12.2. The highest BCUT2D eigenvalue weighted by molar-refractivity contribution is 5.85. The lowest BCUT2D eigenvalue weighted by Crippen LogP contribution is -2.40. The van der Waals surface area contributed by atoms with E-state index in [0.717, 1.165) is 36.2 Å². The van der Waals surface area contributed by atoms with Gasteiger partial charge in [0, 0.05) is 0 Å². The monoisotopic (exact) mass is 294 g/mol. The molecule has 0 radical (unpaired) electrons. The lowest BCUT2D eigenvalue weighted by Gasteiger charge is -2.09. The Morgan fingerprint density at radius 2 is 2.35 bits per heavy atom. The third kappa shape index (κ3) is 3.11. The number of fused-ring (bicyclic) bond motifs is 1. The highest BCUT2D eigenvalue weighted by Gasteiger charge is 2.21. The lowest BCUT2D eigenvalue weighted by molar-refractivity contribution is -0.122. The molecule has 108 valence electrons. The normalized spacial score (nSPS) is 17.9. The third-order valence-electron chi connectivity index (χ3n) is 3.49. The number of imidazole rings is 1. The van der Waals surface area contributed by atoms with Gasteiger partial charge in [0.1, 0.15) is 5.82 Å². The van der Waals surface area contributed by atoms with Crippen LogP contribution in [0, 0.1) is 6.92 Å². The predicted octanol–water partition coefficient (Wildman–Crippen LogP) is 1.66. The first kappa shape index (κ1) is 14.8. The second-order valence-electron chi connectivity index (χ2n) is 5.07. The zero-order chi connectivity index (χ0) is 13.2. The largest absolute Gasteiger partial charge is 0.348 e. The summed E-state index contributed by atoms with van der Waals surface area (Å²) >= 11 is 0. The fourth-order valence-electron chi connectivity index (χ4n) is 2.46. The molecule has 1 aromatic carbocycles. The summed E-state index contributed by atoms with van der Waals surface area (Å²) in [5, 5.41) is 6.11. The maximum atomic E-state index is 11.9. The van der Waals surface area contributed by atoms with E-state index in [1.54, 1.807) is 0 Å². The summed E-state index contributed by atoms with van der Waals surface area (Å²) in [6.45, 7) is 3.43. The maximum Gasteiger partial charge on any atom is 0.237 e. The number of nitrogens with one attached hydrogen (secondary N) is 3. The van der Waals surface area contributed by atoms with Crippen molar-refractivity contribution in [1.82, 2.24) is 20.6 Å². The SMILES string of the molecule is Cc1ccc2nc(CNC(=O)C3CCCN3)[nH]c2c1.Cl. The van der Waals surface area contributed by atoms with Gasteiger partial charge in [-0.3, -0.25) is 4.79 Å². The van der Waals surface area contributed by atoms with Crippen LogP contribution in [0.1, 0.15) is 24.2 Å². The van der Waals surface area contributed by atoms with Crippen molar-refractivity contribution in [3.63, 3.8) is 0 Å². The summed E-state index contributed by atoms with van der Waals surface area (Å²) in [4.78, 5) is 19.6. The van der Waals surface area contributed by atoms with E-state index in [9.17, 15) is 4.79 Å². The molecule has 2 aromatic rings. The highest BCUT2D eigenvalue weighted by Crippen LogP contribution is 2.13. The van der Waals surface area contributed by atoms with Crippen molar-refractivity contribution in [3.05, 3.63) is 29.6 Å². The highest BCUT2D eigenvalue weighted by atomic mass is 35.5. The quantitative estimate of drug-likeness (QED) is 0.806. The van der Waals surface area contributed by atoms with Gasteiger partial charge in [0.15, 0.2) is 0 Å². The van der Waals surface area contributed by atoms with Crippen LogP contribution in [-0.4, -0.2) is 28.5 Å². The summed E-state index contributed by atoms with van der Waals surface area (Å²) in [7, 11) is 0. The number of nitrogens with zero attached hydrogens (tertiary/aromatic N) is 1. The number of rotatable bonds is 3. The molecule has 1 unspecified atom stereocenters. The van der Waals surface area contributed by atoms with Crippen LogP contribution in [0.3, 0.4) is 0 Å². The molecule has 1 aromatic heterocycles. The Morgan fingerprint density at radius 1 is 1.50 bits per heavy atom. The molecule has 20 heavy (non-hydrogen) atoms. The molecule has 6 heteroatoms. The van der Waals surface area contributed by atoms with Crippen molar-refractivity contribution in [3.8, 4) is 0 Å². The van der Waals surface area contributed by atoms with Crippen LogP contribution in [0.15, 0.2) is 18.2 Å². The third-order valence-corrected chi connectivity index (χ3v) is 3.49. The lowest BCUT2D eigenvalue weighted by atomic mass is 10.2. The molecule has 2 heterocycles. The fourth-order valence-corrected chi connectivity index (χ4v) is 2.46. The van der Waals surface area contributed by atoms with Crippen LogP contribution < -0.4 is 10.6 Å². The minimum absolute atomic E-state index is 0. The summed E-state index contributed by atoms with van der Waals surface area (Å²) in [6.07, 6.45) is 1.99. The van der Waals surface area contributed by atoms with Crippen LogP contribution >= 0.6 is 12.4 Å². The summed E-state index contributed by atoms with van der Waals surface area (Å²) in [6, 6.07) is 6.05. The van der Waals surface area contributed by atoms with Crippen LogP contribution in [-0.2, 0) is 11.3 Å². The van der Waals surface area contributed by atoms with Crippen molar-refractivity contribution in [2.24, 2.45) is 0 Å². The summed E-state index contributed by atoms with van der Waals surface area (Å²) in [5.41, 5.74) is 3.15. The van der Waals surface area contributed by atoms with E-state index < -0.39 is 0 Å². The van der Waals surface area contributed by atoms with E-state index in [4.69, 9.17) is 0 Å². The number of benzene rings is 1. The average molecular weight is 295 g/mol. The van der Waals surface area contributed by atoms with Gasteiger partial charge in [0.2, 0.25) is 5.91 Å². The molecule has 0 aliphatic carbocycles. The Bertz CT molecular complexity index is 604. The van der Waals surface area contributed by atoms with Gasteiger partial charge in [0.05, 0.1) is 23.6 Å². The summed E-state index contributed by atoms with van der Waals surface area (Å²) in [5.74, 6) is 0.862. The molecule has 1 amide bonds. The van der Waals surface area contributed by atoms with Crippen LogP contribution in [0.4, 0.5) is 0 Å². The molecule has 3 N–H and O–H groups in total. The van der Waals surface area contributed by atoms with Gasteiger partial charge in [-0.05, 0) is 44.0 Å². The standard InChI is InChI=1S/C14H18N4O.ClH/c1-9-4-5-10-12(7-9)18-13(17-10)8-16-14(19)11-3-2-6-15-11;/h4-5,7,11,15H,2-3,6,8H2,1H3,(H,16,19)(H,17,18);1H. The maximum absolute atomic E-state index is 11.9. The first-order chi connectivity index (χ1) is 9.22. The molecular weight excluding hydrogens is 276 g/mol. The molecule has 3 rings (SSSR count). The molecule has 5 nitrogen and oxygen atoms in total. The molecule has 0 saturated carbocycles. The number of hydrogen-bond donors (Lipinski definition) is 3.